The summed E-state index contributed by atoms with van der Waals surface area (Å²) in [6, 6.07) is 14.8. The highest BCUT2D eigenvalue weighted by molar-refractivity contribution is 6.04. The molecule has 1 aromatic heterocycles. The molecule has 0 aliphatic rings. The Labute approximate surface area is 139 Å². The van der Waals surface area contributed by atoms with Crippen LogP contribution in [0.4, 0.5) is 0 Å². The Balaban J connectivity index is 2.15. The fourth-order valence-corrected chi connectivity index (χ4v) is 2.39. The molecule has 0 saturated carbocycles. The number of fused-ring (bicyclic) bond motifs is 1. The van der Waals surface area contributed by atoms with Gasteiger partial charge < -0.3 is 10.8 Å². The number of carbonyl (C=O) groups is 1. The number of para-hydroxylation sites is 1. The van der Waals surface area contributed by atoms with E-state index in [2.05, 4.69) is 16.9 Å². The normalized spacial score (nSPS) is 11.1. The molecule has 24 heavy (non-hydrogen) atoms. The average Bonchev–Trinajstić information content (AvgIpc) is 2.92. The first-order chi connectivity index (χ1) is 11.3. The van der Waals surface area contributed by atoms with Crippen molar-refractivity contribution in [1.82, 2.24) is 9.78 Å². The summed E-state index contributed by atoms with van der Waals surface area (Å²) in [5.74, 6) is 5.15. The van der Waals surface area contributed by atoms with Gasteiger partial charge in [0.25, 0.3) is 5.91 Å². The Hall–Kier alpha value is -3.10. The third kappa shape index (κ3) is 3.14. The van der Waals surface area contributed by atoms with Gasteiger partial charge in [-0.1, -0.05) is 36.1 Å². The van der Waals surface area contributed by atoms with Gasteiger partial charge in [0.1, 0.15) is 5.60 Å². The van der Waals surface area contributed by atoms with Crippen molar-refractivity contribution in [3.63, 3.8) is 0 Å². The van der Waals surface area contributed by atoms with E-state index in [0.717, 1.165) is 16.8 Å². The smallest absolute Gasteiger partial charge is 0.269 e. The van der Waals surface area contributed by atoms with Crippen LogP contribution in [0.1, 0.15) is 29.9 Å². The van der Waals surface area contributed by atoms with Gasteiger partial charge in [-0.3, -0.25) is 4.79 Å². The quantitative estimate of drug-likeness (QED) is 0.711. The summed E-state index contributed by atoms with van der Waals surface area (Å²) in [5, 5.41) is 14.8. The lowest BCUT2D eigenvalue weighted by Gasteiger charge is -2.07. The zero-order valence-corrected chi connectivity index (χ0v) is 13.4. The Morgan fingerprint density at radius 1 is 1.21 bits per heavy atom. The van der Waals surface area contributed by atoms with Gasteiger partial charge in [0.15, 0.2) is 5.69 Å². The van der Waals surface area contributed by atoms with Gasteiger partial charge in [0, 0.05) is 10.9 Å². The number of amides is 1. The third-order valence-corrected chi connectivity index (χ3v) is 3.42. The van der Waals surface area contributed by atoms with Gasteiger partial charge in [-0.05, 0) is 38.1 Å². The van der Waals surface area contributed by atoms with Crippen LogP contribution in [-0.4, -0.2) is 26.4 Å². The fraction of sp³-hybridized carbons (Fsp3) is 0.158. The van der Waals surface area contributed by atoms with E-state index in [9.17, 15) is 9.90 Å². The molecule has 0 saturated heterocycles. The third-order valence-electron chi connectivity index (χ3n) is 3.42. The summed E-state index contributed by atoms with van der Waals surface area (Å²) >= 11 is 0. The Bertz CT molecular complexity index is 985. The van der Waals surface area contributed by atoms with Crippen molar-refractivity contribution in [3.05, 3.63) is 59.8 Å². The maximum absolute atomic E-state index is 11.6. The highest BCUT2D eigenvalue weighted by atomic mass is 16.3. The molecule has 1 amide bonds. The summed E-state index contributed by atoms with van der Waals surface area (Å²) in [4.78, 5) is 11.6. The van der Waals surface area contributed by atoms with Crippen molar-refractivity contribution >= 4 is 16.8 Å². The first kappa shape index (κ1) is 15.8. The minimum absolute atomic E-state index is 0.235. The molecule has 0 bridgehead atoms. The highest BCUT2D eigenvalue weighted by Gasteiger charge is 2.15. The molecular weight excluding hydrogens is 302 g/mol. The molecule has 2 aromatic carbocycles. The van der Waals surface area contributed by atoms with Crippen LogP contribution in [0.25, 0.3) is 16.6 Å². The Kier molecular flexibility index (Phi) is 3.84. The van der Waals surface area contributed by atoms with Crippen LogP contribution in [-0.2, 0) is 0 Å². The highest BCUT2D eigenvalue weighted by Crippen LogP contribution is 2.22. The molecule has 0 fully saturated rings. The first-order valence-electron chi connectivity index (χ1n) is 7.49. The zero-order valence-electron chi connectivity index (χ0n) is 13.4. The van der Waals surface area contributed by atoms with Gasteiger partial charge in [0.05, 0.1) is 11.2 Å². The van der Waals surface area contributed by atoms with Crippen LogP contribution < -0.4 is 5.73 Å². The lowest BCUT2D eigenvalue weighted by Crippen LogP contribution is -2.14. The van der Waals surface area contributed by atoms with Gasteiger partial charge in [-0.15, -0.1) is 0 Å². The van der Waals surface area contributed by atoms with Crippen molar-refractivity contribution in [1.29, 1.82) is 0 Å². The van der Waals surface area contributed by atoms with Crippen molar-refractivity contribution < 1.29 is 9.90 Å². The van der Waals surface area contributed by atoms with Gasteiger partial charge in [-0.2, -0.15) is 5.10 Å². The van der Waals surface area contributed by atoms with E-state index in [1.807, 2.05) is 48.5 Å². The largest absolute Gasteiger partial charge is 0.378 e. The van der Waals surface area contributed by atoms with Crippen LogP contribution in [0, 0.1) is 11.8 Å². The van der Waals surface area contributed by atoms with Crippen LogP contribution >= 0.6 is 0 Å². The number of nitrogens with zero attached hydrogens (tertiary/aromatic N) is 2. The molecule has 0 aliphatic carbocycles. The van der Waals surface area contributed by atoms with E-state index < -0.39 is 11.5 Å². The fourth-order valence-electron chi connectivity index (χ4n) is 2.39. The number of carbonyl (C=O) groups excluding carboxylic acids is 1. The molecule has 0 unspecified atom stereocenters. The molecular formula is C19H17N3O2. The number of aliphatic hydroxyl groups is 1. The number of primary amides is 1. The number of aromatic nitrogens is 2. The van der Waals surface area contributed by atoms with Crippen molar-refractivity contribution in [2.45, 2.75) is 19.4 Å². The predicted octanol–water partition coefficient (Wildman–Crippen LogP) is 2.25. The maximum atomic E-state index is 11.6. The van der Waals surface area contributed by atoms with Crippen molar-refractivity contribution in [3.8, 4) is 17.5 Å². The van der Waals surface area contributed by atoms with Crippen molar-refractivity contribution in [2.75, 3.05) is 0 Å². The maximum Gasteiger partial charge on any atom is 0.269 e. The lowest BCUT2D eigenvalue weighted by molar-refractivity contribution is 0.0996. The number of rotatable bonds is 2. The molecule has 5 nitrogen and oxygen atoms in total. The summed E-state index contributed by atoms with van der Waals surface area (Å²) in [7, 11) is 0. The number of hydrogen-bond donors (Lipinski definition) is 2. The molecule has 1 heterocycles. The Morgan fingerprint density at radius 2 is 1.96 bits per heavy atom. The monoisotopic (exact) mass is 319 g/mol. The predicted molar refractivity (Wildman–Crippen MR) is 92.8 cm³/mol. The van der Waals surface area contributed by atoms with Crippen LogP contribution in [0.5, 0.6) is 0 Å². The number of nitrogens with two attached hydrogens (primary N) is 1. The summed E-state index contributed by atoms with van der Waals surface area (Å²) in [6.45, 7) is 3.26. The van der Waals surface area contributed by atoms with Gasteiger partial charge in [-0.25, -0.2) is 4.68 Å². The molecule has 0 aliphatic heterocycles. The van der Waals surface area contributed by atoms with Crippen LogP contribution in [0.3, 0.4) is 0 Å². The average molecular weight is 319 g/mol. The second-order valence-electron chi connectivity index (χ2n) is 6.00. The van der Waals surface area contributed by atoms with Crippen LogP contribution in [0.15, 0.2) is 48.5 Å². The second kappa shape index (κ2) is 5.84. The molecule has 3 N–H and O–H groups in total. The minimum Gasteiger partial charge on any atom is -0.378 e. The molecule has 5 heteroatoms. The summed E-state index contributed by atoms with van der Waals surface area (Å²) in [6.07, 6.45) is 0. The molecule has 120 valence electrons. The summed E-state index contributed by atoms with van der Waals surface area (Å²) < 4.78 is 1.67. The molecule has 0 spiro atoms. The standard InChI is InChI=1S/C19H17N3O2/c1-19(2,24)11-10-13-6-5-7-14(12-13)22-16-9-4-3-8-15(16)17(21-22)18(20)23/h3-9,12,24H,1-2H3,(H2,20,23). The van der Waals surface area contributed by atoms with Crippen molar-refractivity contribution in [2.24, 2.45) is 5.73 Å². The van der Waals surface area contributed by atoms with E-state index in [0.29, 0.717) is 5.39 Å². The molecule has 0 radical (unpaired) electrons. The first-order valence-corrected chi connectivity index (χ1v) is 7.49. The van der Waals surface area contributed by atoms with Gasteiger partial charge >= 0.3 is 0 Å². The van der Waals surface area contributed by atoms with E-state index in [4.69, 9.17) is 5.73 Å². The number of benzene rings is 2. The Morgan fingerprint density at radius 3 is 2.67 bits per heavy atom. The number of hydrogen-bond acceptors (Lipinski definition) is 3. The molecule has 0 atom stereocenters. The SMILES string of the molecule is CC(C)(O)C#Cc1cccc(-n2nc(C(N)=O)c3ccccc32)c1. The summed E-state index contributed by atoms with van der Waals surface area (Å²) in [5.41, 5.74) is 6.91. The van der Waals surface area contributed by atoms with E-state index in [-0.39, 0.29) is 5.69 Å². The second-order valence-corrected chi connectivity index (χ2v) is 6.00. The van der Waals surface area contributed by atoms with E-state index in [1.54, 1.807) is 18.5 Å². The van der Waals surface area contributed by atoms with Crippen LogP contribution in [0.2, 0.25) is 0 Å². The molecule has 3 rings (SSSR count). The van der Waals surface area contributed by atoms with E-state index in [1.165, 1.54) is 0 Å². The zero-order chi connectivity index (χ0) is 17.3. The lowest BCUT2D eigenvalue weighted by atomic mass is 10.1. The van der Waals surface area contributed by atoms with E-state index >= 15 is 0 Å². The topological polar surface area (TPSA) is 81.1 Å². The minimum atomic E-state index is -1.06. The van der Waals surface area contributed by atoms with Gasteiger partial charge in [0.2, 0.25) is 0 Å². The molecule has 3 aromatic rings.